The molecule has 12 nitrogen and oxygen atoms in total. The van der Waals surface area contributed by atoms with Crippen LogP contribution in [0.15, 0.2) is 51.0 Å². The number of aliphatic imine (C=N–C) groups is 1. The highest BCUT2D eigenvalue weighted by Crippen LogP contribution is 2.35. The molecule has 246 valence electrons. The zero-order chi connectivity index (χ0) is 32.6. The first kappa shape index (κ1) is 32.8. The normalized spacial score (nSPS) is 13.8. The number of aromatic nitrogens is 4. The molecule has 2 heterocycles. The Morgan fingerprint density at radius 1 is 0.978 bits per heavy atom. The number of fused-ring (bicyclic) bond motifs is 1. The van der Waals surface area contributed by atoms with Crippen LogP contribution in [0.1, 0.15) is 68.3 Å². The minimum Gasteiger partial charge on any atom is -0.496 e. The van der Waals surface area contributed by atoms with Crippen LogP contribution < -0.4 is 30.2 Å². The summed E-state index contributed by atoms with van der Waals surface area (Å²) in [6.45, 7) is 2.54. The summed E-state index contributed by atoms with van der Waals surface area (Å²) in [5.74, 6) is 3.50. The van der Waals surface area contributed by atoms with Gasteiger partial charge in [-0.2, -0.15) is 0 Å². The molecule has 0 bridgehead atoms. The molecule has 12 heteroatoms. The molecular formula is C34H43N5O7. The molecule has 1 aliphatic rings. The summed E-state index contributed by atoms with van der Waals surface area (Å²) >= 11 is 0. The summed E-state index contributed by atoms with van der Waals surface area (Å²) in [5.41, 5.74) is 2.02. The van der Waals surface area contributed by atoms with Crippen LogP contribution in [0.4, 0.5) is 0 Å². The van der Waals surface area contributed by atoms with Crippen molar-refractivity contribution in [2.75, 3.05) is 27.9 Å². The minimum atomic E-state index is -0.387. The Kier molecular flexibility index (Phi) is 10.8. The number of nitrogens with one attached hydrogen (secondary N) is 1. The number of aliphatic hydroxyl groups excluding tert-OH is 1. The topological polar surface area (TPSA) is 142 Å². The number of aromatic amines is 1. The summed E-state index contributed by atoms with van der Waals surface area (Å²) in [5, 5.41) is 9.92. The number of nitrogens with zero attached hydrogens (tertiary/aromatic N) is 4. The van der Waals surface area contributed by atoms with Crippen molar-refractivity contribution < 1.29 is 24.1 Å². The average molecular weight is 634 g/mol. The van der Waals surface area contributed by atoms with Crippen LogP contribution in [0.25, 0.3) is 11.2 Å². The van der Waals surface area contributed by atoms with E-state index in [4.69, 9.17) is 23.9 Å². The van der Waals surface area contributed by atoms with Crippen LogP contribution in [-0.4, -0.2) is 58.0 Å². The van der Waals surface area contributed by atoms with E-state index >= 15 is 0 Å². The average Bonchev–Trinajstić information content (AvgIpc) is 3.78. The fraction of sp³-hybridized carbons (Fsp3) is 0.471. The van der Waals surface area contributed by atoms with E-state index in [0.29, 0.717) is 78.0 Å². The number of hydrogen-bond acceptors (Lipinski definition) is 9. The second-order valence-electron chi connectivity index (χ2n) is 11.4. The number of hydrogen-bond donors (Lipinski definition) is 2. The van der Waals surface area contributed by atoms with Gasteiger partial charge in [-0.3, -0.25) is 13.9 Å². The van der Waals surface area contributed by atoms with Gasteiger partial charge in [-0.1, -0.05) is 31.9 Å². The standard InChI is InChI=1S/C34H43N5O7/c1-5-16-39-33(41)30-32(37-31(36-30)23-10-6-7-11-23)38(34(39)42)17-8-9-22-12-14-24(15-13-22)46-29(21-40)35-20-26-27(44-3)18-25(43-2)19-28(26)45-4/h12-15,18-19,23,40H,5-11,16-17,20-21H2,1-4H3,(H,36,37). The van der Waals surface area contributed by atoms with Gasteiger partial charge in [-0.15, -0.1) is 0 Å². The lowest BCUT2D eigenvalue weighted by atomic mass is 10.1. The molecule has 2 aromatic carbocycles. The van der Waals surface area contributed by atoms with Gasteiger partial charge in [0.15, 0.2) is 5.65 Å². The van der Waals surface area contributed by atoms with Gasteiger partial charge < -0.3 is 29.0 Å². The monoisotopic (exact) mass is 633 g/mol. The Morgan fingerprint density at radius 3 is 2.28 bits per heavy atom. The maximum atomic E-state index is 13.4. The smallest absolute Gasteiger partial charge is 0.332 e. The molecule has 0 aliphatic heterocycles. The molecule has 46 heavy (non-hydrogen) atoms. The number of rotatable bonds is 14. The zero-order valence-corrected chi connectivity index (χ0v) is 27.0. The van der Waals surface area contributed by atoms with E-state index in [2.05, 4.69) is 9.98 Å². The summed E-state index contributed by atoms with van der Waals surface area (Å²) in [4.78, 5) is 39.1. The van der Waals surface area contributed by atoms with Gasteiger partial charge in [-0.25, -0.2) is 14.8 Å². The SMILES string of the molecule is CCCn1c(=O)c2[nH]c(C3CCCC3)nc2n(CCCc2ccc(OC(CO)=NCc3c(OC)cc(OC)cc3OC)cc2)c1=O. The largest absolute Gasteiger partial charge is 0.496 e. The van der Waals surface area contributed by atoms with Gasteiger partial charge in [0.05, 0.1) is 33.4 Å². The molecule has 1 fully saturated rings. The highest BCUT2D eigenvalue weighted by Gasteiger charge is 2.24. The van der Waals surface area contributed by atoms with Crippen LogP contribution in [0.2, 0.25) is 0 Å². The molecule has 0 saturated heterocycles. The number of aliphatic hydroxyl groups is 1. The summed E-state index contributed by atoms with van der Waals surface area (Å²) in [6.07, 6.45) is 6.47. The Bertz CT molecular complexity index is 1760. The first-order valence-corrected chi connectivity index (χ1v) is 15.8. The van der Waals surface area contributed by atoms with Crippen LogP contribution in [0.5, 0.6) is 23.0 Å². The number of benzene rings is 2. The highest BCUT2D eigenvalue weighted by molar-refractivity contribution is 5.79. The Balaban J connectivity index is 1.26. The Hall–Kier alpha value is -4.58. The van der Waals surface area contributed by atoms with Crippen molar-refractivity contribution in [3.8, 4) is 23.0 Å². The molecule has 0 atom stereocenters. The third-order valence-corrected chi connectivity index (χ3v) is 8.44. The number of aryl methyl sites for hydroxylation is 2. The molecule has 1 aliphatic carbocycles. The van der Waals surface area contributed by atoms with E-state index in [1.165, 1.54) is 4.57 Å². The van der Waals surface area contributed by atoms with Crippen molar-refractivity contribution in [2.24, 2.45) is 4.99 Å². The fourth-order valence-electron chi connectivity index (χ4n) is 6.02. The first-order valence-electron chi connectivity index (χ1n) is 15.8. The molecule has 5 rings (SSSR count). The summed E-state index contributed by atoms with van der Waals surface area (Å²) in [7, 11) is 4.68. The molecule has 0 spiro atoms. The molecule has 0 amide bonds. The predicted molar refractivity (Wildman–Crippen MR) is 176 cm³/mol. The maximum absolute atomic E-state index is 13.4. The van der Waals surface area contributed by atoms with Crippen molar-refractivity contribution in [3.05, 3.63) is 74.2 Å². The molecule has 2 N–H and O–H groups in total. The maximum Gasteiger partial charge on any atom is 0.332 e. The predicted octanol–water partition coefficient (Wildman–Crippen LogP) is 4.58. The van der Waals surface area contributed by atoms with E-state index in [1.54, 1.807) is 38.0 Å². The van der Waals surface area contributed by atoms with Crippen molar-refractivity contribution in [2.45, 2.75) is 77.4 Å². The van der Waals surface area contributed by atoms with Crippen molar-refractivity contribution in [1.29, 1.82) is 0 Å². The van der Waals surface area contributed by atoms with Crippen LogP contribution in [0.3, 0.4) is 0 Å². The lowest BCUT2D eigenvalue weighted by molar-refractivity contribution is 0.328. The Labute approximate surface area is 267 Å². The van der Waals surface area contributed by atoms with E-state index in [-0.39, 0.29) is 30.3 Å². The fourth-order valence-corrected chi connectivity index (χ4v) is 6.02. The number of H-pyrrole nitrogens is 1. The molecule has 2 aromatic heterocycles. The lowest BCUT2D eigenvalue weighted by Crippen LogP contribution is -2.40. The van der Waals surface area contributed by atoms with Crippen LogP contribution in [0, 0.1) is 0 Å². The molecular weight excluding hydrogens is 590 g/mol. The van der Waals surface area contributed by atoms with Gasteiger partial charge in [0, 0.05) is 31.1 Å². The van der Waals surface area contributed by atoms with Gasteiger partial charge in [0.25, 0.3) is 5.56 Å². The zero-order valence-electron chi connectivity index (χ0n) is 27.0. The van der Waals surface area contributed by atoms with Gasteiger partial charge in [0.1, 0.15) is 40.9 Å². The van der Waals surface area contributed by atoms with E-state index in [1.807, 2.05) is 31.2 Å². The number of methoxy groups -OCH3 is 3. The molecule has 0 radical (unpaired) electrons. The third kappa shape index (κ3) is 7.12. The second-order valence-corrected chi connectivity index (χ2v) is 11.4. The lowest BCUT2D eigenvalue weighted by Gasteiger charge is -2.14. The second kappa shape index (κ2) is 15.1. The van der Waals surface area contributed by atoms with Gasteiger partial charge in [0.2, 0.25) is 5.90 Å². The van der Waals surface area contributed by atoms with Crippen molar-refractivity contribution in [3.63, 3.8) is 0 Å². The van der Waals surface area contributed by atoms with Crippen LogP contribution in [-0.2, 0) is 26.1 Å². The van der Waals surface area contributed by atoms with Crippen LogP contribution >= 0.6 is 0 Å². The van der Waals surface area contributed by atoms with E-state index < -0.39 is 0 Å². The first-order chi connectivity index (χ1) is 22.4. The molecule has 4 aromatic rings. The number of imidazole rings is 1. The van der Waals surface area contributed by atoms with E-state index in [0.717, 1.165) is 37.1 Å². The van der Waals surface area contributed by atoms with Crippen molar-refractivity contribution >= 4 is 17.1 Å². The number of ether oxygens (including phenoxy) is 4. The van der Waals surface area contributed by atoms with Crippen molar-refractivity contribution in [1.82, 2.24) is 19.1 Å². The Morgan fingerprint density at radius 2 is 1.67 bits per heavy atom. The summed E-state index contributed by atoms with van der Waals surface area (Å²) in [6, 6.07) is 11.0. The molecule has 0 unspecified atom stereocenters. The van der Waals surface area contributed by atoms with E-state index in [9.17, 15) is 14.7 Å². The molecule has 1 saturated carbocycles. The minimum absolute atomic E-state index is 0.147. The van der Waals surface area contributed by atoms with Gasteiger partial charge in [-0.05, 0) is 49.8 Å². The highest BCUT2D eigenvalue weighted by atomic mass is 16.5. The summed E-state index contributed by atoms with van der Waals surface area (Å²) < 4.78 is 25.1. The van der Waals surface area contributed by atoms with Gasteiger partial charge >= 0.3 is 5.69 Å². The quantitative estimate of drug-likeness (QED) is 0.152. The third-order valence-electron chi connectivity index (χ3n) is 8.44.